The third kappa shape index (κ3) is 4.81. The second kappa shape index (κ2) is 8.75. The van der Waals surface area contributed by atoms with Gasteiger partial charge in [0.1, 0.15) is 12.4 Å². The number of aliphatic hydroxyl groups excluding tert-OH is 1. The molecule has 1 aromatic carbocycles. The maximum Gasteiger partial charge on any atom is 0.191 e. The molecule has 1 heterocycles. The number of thioether (sulfide) groups is 1. The summed E-state index contributed by atoms with van der Waals surface area (Å²) < 4.78 is 13.1. The van der Waals surface area contributed by atoms with E-state index in [1.807, 2.05) is 0 Å². The van der Waals surface area contributed by atoms with Gasteiger partial charge in [0.05, 0.1) is 13.2 Å². The number of benzene rings is 1. The molecule has 1 atom stereocenters. The average Bonchev–Trinajstić information content (AvgIpc) is 3.43. The molecule has 1 fully saturated rings. The van der Waals surface area contributed by atoms with E-state index in [0.29, 0.717) is 28.7 Å². The number of aromatic nitrogens is 3. The Bertz CT molecular complexity index is 804. The number of Topliss-reactive ketones (excluding diaryl/α,β-unsaturated/α-hetero) is 1. The van der Waals surface area contributed by atoms with Gasteiger partial charge in [-0.3, -0.25) is 4.79 Å². The molecule has 27 heavy (non-hydrogen) atoms. The van der Waals surface area contributed by atoms with Crippen LogP contribution in [-0.2, 0) is 6.54 Å². The highest BCUT2D eigenvalue weighted by atomic mass is 32.2. The monoisotopic (exact) mass is 391 g/mol. The Morgan fingerprint density at radius 1 is 1.37 bits per heavy atom. The van der Waals surface area contributed by atoms with Gasteiger partial charge in [0.2, 0.25) is 0 Å². The highest BCUT2D eigenvalue weighted by Crippen LogP contribution is 2.40. The second-order valence-corrected chi connectivity index (χ2v) is 7.54. The predicted octanol–water partition coefficient (Wildman–Crippen LogP) is 2.92. The van der Waals surface area contributed by atoms with Crippen molar-refractivity contribution in [3.8, 4) is 11.5 Å². The molecule has 0 bridgehead atoms. The van der Waals surface area contributed by atoms with E-state index in [1.54, 1.807) is 18.2 Å². The molecule has 1 N–H and O–H groups in total. The van der Waals surface area contributed by atoms with Gasteiger partial charge >= 0.3 is 0 Å². The zero-order valence-electron chi connectivity index (χ0n) is 15.8. The summed E-state index contributed by atoms with van der Waals surface area (Å²) in [5, 5.41) is 19.7. The van der Waals surface area contributed by atoms with Gasteiger partial charge in [-0.25, -0.2) is 0 Å². The average molecular weight is 391 g/mol. The van der Waals surface area contributed by atoms with Crippen LogP contribution < -0.4 is 9.47 Å². The summed E-state index contributed by atoms with van der Waals surface area (Å²) >= 11 is 1.48. The fourth-order valence-corrected chi connectivity index (χ4v) is 3.67. The molecule has 7 nitrogen and oxygen atoms in total. The third-order valence-electron chi connectivity index (χ3n) is 4.41. The maximum atomic E-state index is 11.5. The van der Waals surface area contributed by atoms with Gasteiger partial charge in [-0.15, -0.1) is 10.2 Å². The van der Waals surface area contributed by atoms with Crippen LogP contribution in [0.15, 0.2) is 23.4 Å². The molecule has 1 aliphatic carbocycles. The number of ether oxygens (including phenoxy) is 2. The molecule has 8 heteroatoms. The van der Waals surface area contributed by atoms with E-state index in [1.165, 1.54) is 38.6 Å². The molecule has 146 valence electrons. The Kier molecular flexibility index (Phi) is 6.38. The van der Waals surface area contributed by atoms with E-state index in [4.69, 9.17) is 9.47 Å². The Morgan fingerprint density at radius 3 is 2.78 bits per heavy atom. The number of rotatable bonds is 10. The molecular weight excluding hydrogens is 366 g/mol. The van der Waals surface area contributed by atoms with Gasteiger partial charge in [-0.1, -0.05) is 11.8 Å². The lowest BCUT2D eigenvalue weighted by atomic mass is 10.1. The predicted molar refractivity (Wildman–Crippen MR) is 103 cm³/mol. The van der Waals surface area contributed by atoms with Crippen LogP contribution in [0.2, 0.25) is 0 Å². The number of methoxy groups -OCH3 is 1. The van der Waals surface area contributed by atoms with Crippen molar-refractivity contribution in [1.29, 1.82) is 0 Å². The molecule has 3 rings (SSSR count). The van der Waals surface area contributed by atoms with Crippen molar-refractivity contribution in [1.82, 2.24) is 14.8 Å². The van der Waals surface area contributed by atoms with Gasteiger partial charge < -0.3 is 19.1 Å². The molecule has 1 aliphatic rings. The second-order valence-electron chi connectivity index (χ2n) is 6.56. The highest BCUT2D eigenvalue weighted by molar-refractivity contribution is 7.99. The molecule has 0 amide bonds. The highest BCUT2D eigenvalue weighted by Gasteiger charge is 2.30. The number of carbonyl (C=O) groups excluding carboxylic acids is 1. The van der Waals surface area contributed by atoms with Crippen molar-refractivity contribution in [3.63, 3.8) is 0 Å². The van der Waals surface area contributed by atoms with Crippen LogP contribution in [0.1, 0.15) is 48.8 Å². The summed E-state index contributed by atoms with van der Waals surface area (Å²) in [6, 6.07) is 5.01. The molecule has 1 saturated carbocycles. The van der Waals surface area contributed by atoms with Crippen LogP contribution in [0, 0.1) is 0 Å². The summed E-state index contributed by atoms with van der Waals surface area (Å²) in [5.74, 6) is 2.99. The van der Waals surface area contributed by atoms with E-state index in [0.717, 1.165) is 17.5 Å². The minimum Gasteiger partial charge on any atom is -0.493 e. The first-order valence-corrected chi connectivity index (χ1v) is 10.1. The van der Waals surface area contributed by atoms with Crippen LogP contribution in [0.25, 0.3) is 0 Å². The molecule has 2 aromatic rings. The van der Waals surface area contributed by atoms with Gasteiger partial charge in [0, 0.05) is 23.8 Å². The van der Waals surface area contributed by atoms with Gasteiger partial charge in [0.15, 0.2) is 22.4 Å². The number of nitrogens with zero attached hydrogens (tertiary/aromatic N) is 3. The van der Waals surface area contributed by atoms with Crippen molar-refractivity contribution in [2.75, 3.05) is 19.5 Å². The smallest absolute Gasteiger partial charge is 0.191 e. The fraction of sp³-hybridized carbons (Fsp3) is 0.526. The van der Waals surface area contributed by atoms with Gasteiger partial charge in [0.25, 0.3) is 0 Å². The van der Waals surface area contributed by atoms with E-state index in [9.17, 15) is 9.90 Å². The normalized spacial score (nSPS) is 14.8. The number of aliphatic hydroxyl groups is 1. The molecule has 0 spiro atoms. The zero-order chi connectivity index (χ0) is 19.4. The molecule has 0 saturated heterocycles. The first-order valence-electron chi connectivity index (χ1n) is 9.09. The van der Waals surface area contributed by atoms with E-state index in [-0.39, 0.29) is 12.4 Å². The summed E-state index contributed by atoms with van der Waals surface area (Å²) in [5.41, 5.74) is 0.556. The number of carbonyl (C=O) groups is 1. The van der Waals surface area contributed by atoms with Crippen molar-refractivity contribution in [2.24, 2.45) is 0 Å². The summed E-state index contributed by atoms with van der Waals surface area (Å²) in [6.45, 7) is 4.53. The van der Waals surface area contributed by atoms with E-state index in [2.05, 4.69) is 21.7 Å². The standard InChI is InChI=1S/C19H25N3O4S/c1-4-22-18(13-5-6-13)20-21-19(22)27-11-15(24)10-26-16-8-7-14(12(2)23)9-17(16)25-3/h7-9,13,15,24H,4-6,10-11H2,1-3H3. The first kappa shape index (κ1) is 19.7. The lowest BCUT2D eigenvalue weighted by molar-refractivity contribution is 0.101. The van der Waals surface area contributed by atoms with Crippen LogP contribution in [0.4, 0.5) is 0 Å². The Labute approximate surface area is 163 Å². The third-order valence-corrected chi connectivity index (χ3v) is 5.52. The van der Waals surface area contributed by atoms with Gasteiger partial charge in [-0.2, -0.15) is 0 Å². The van der Waals surface area contributed by atoms with Crippen LogP contribution >= 0.6 is 11.8 Å². The summed E-state index contributed by atoms with van der Waals surface area (Å²) in [6.07, 6.45) is 1.70. The Hall–Kier alpha value is -2.06. The van der Waals surface area contributed by atoms with Crippen molar-refractivity contribution in [2.45, 2.75) is 50.4 Å². The minimum absolute atomic E-state index is 0.0399. The van der Waals surface area contributed by atoms with Crippen LogP contribution in [0.3, 0.4) is 0 Å². The van der Waals surface area contributed by atoms with Crippen molar-refractivity contribution >= 4 is 17.5 Å². The lowest BCUT2D eigenvalue weighted by Crippen LogP contribution is -2.20. The minimum atomic E-state index is -0.668. The Morgan fingerprint density at radius 2 is 2.15 bits per heavy atom. The molecule has 0 radical (unpaired) electrons. The van der Waals surface area contributed by atoms with Crippen molar-refractivity contribution < 1.29 is 19.4 Å². The maximum absolute atomic E-state index is 11.5. The largest absolute Gasteiger partial charge is 0.493 e. The van der Waals surface area contributed by atoms with Crippen LogP contribution in [-0.4, -0.2) is 51.2 Å². The lowest BCUT2D eigenvalue weighted by Gasteiger charge is -2.15. The SMILES string of the molecule is CCn1c(SCC(O)COc2ccc(C(C)=O)cc2OC)nnc1C1CC1. The number of hydrogen-bond acceptors (Lipinski definition) is 7. The number of hydrogen-bond donors (Lipinski definition) is 1. The van der Waals surface area contributed by atoms with Crippen molar-refractivity contribution in [3.05, 3.63) is 29.6 Å². The Balaban J connectivity index is 1.54. The van der Waals surface area contributed by atoms with E-state index < -0.39 is 6.10 Å². The molecule has 1 unspecified atom stereocenters. The quantitative estimate of drug-likeness (QED) is 0.492. The molecule has 0 aliphatic heterocycles. The summed E-state index contributed by atoms with van der Waals surface area (Å²) in [4.78, 5) is 11.5. The topological polar surface area (TPSA) is 86.5 Å². The van der Waals surface area contributed by atoms with Gasteiger partial charge in [-0.05, 0) is 44.9 Å². The fourth-order valence-electron chi connectivity index (χ4n) is 2.76. The molecule has 1 aromatic heterocycles. The first-order chi connectivity index (χ1) is 13.0. The zero-order valence-corrected chi connectivity index (χ0v) is 16.7. The number of ketones is 1. The van der Waals surface area contributed by atoms with E-state index >= 15 is 0 Å². The van der Waals surface area contributed by atoms with Crippen LogP contribution in [0.5, 0.6) is 11.5 Å². The summed E-state index contributed by atoms with van der Waals surface area (Å²) in [7, 11) is 1.52. The molecular formula is C19H25N3O4S.